The van der Waals surface area contributed by atoms with Gasteiger partial charge in [-0.25, -0.2) is 0 Å². The Bertz CT molecular complexity index is 413. The minimum absolute atomic E-state index is 0.157. The van der Waals surface area contributed by atoms with E-state index in [1.165, 1.54) is 0 Å². The van der Waals surface area contributed by atoms with Gasteiger partial charge in [0.25, 0.3) is 0 Å². The van der Waals surface area contributed by atoms with Crippen molar-refractivity contribution in [2.45, 2.75) is 38.6 Å². The van der Waals surface area contributed by atoms with Crippen molar-refractivity contribution in [2.75, 3.05) is 13.2 Å². The van der Waals surface area contributed by atoms with Crippen molar-refractivity contribution < 1.29 is 19.0 Å². The zero-order valence-electron chi connectivity index (χ0n) is 11.4. The molecular weight excluding hydrogens is 244 g/mol. The number of carbonyl (C=O) groups is 1. The Morgan fingerprint density at radius 3 is 2.74 bits per heavy atom. The highest BCUT2D eigenvalue weighted by Crippen LogP contribution is 2.22. The second kappa shape index (κ2) is 6.17. The molecule has 0 bridgehead atoms. The van der Waals surface area contributed by atoms with Crippen molar-refractivity contribution in [1.82, 2.24) is 0 Å². The van der Waals surface area contributed by atoms with Crippen LogP contribution in [0.25, 0.3) is 0 Å². The average molecular weight is 264 g/mol. The van der Waals surface area contributed by atoms with Crippen LogP contribution in [0.5, 0.6) is 0 Å². The molecule has 0 aliphatic carbocycles. The lowest BCUT2D eigenvalue weighted by molar-refractivity contribution is -0.158. The number of benzene rings is 1. The van der Waals surface area contributed by atoms with Gasteiger partial charge in [-0.1, -0.05) is 30.3 Å². The first-order valence-corrected chi connectivity index (χ1v) is 6.56. The molecule has 0 aromatic heterocycles. The molecule has 1 aliphatic heterocycles. The van der Waals surface area contributed by atoms with Crippen molar-refractivity contribution in [3.05, 3.63) is 35.9 Å². The lowest BCUT2D eigenvalue weighted by atomic mass is 10.1. The number of carbonyl (C=O) groups excluding carboxylic acids is 1. The van der Waals surface area contributed by atoms with Crippen molar-refractivity contribution in [3.63, 3.8) is 0 Å². The van der Waals surface area contributed by atoms with Crippen molar-refractivity contribution in [1.29, 1.82) is 0 Å². The molecule has 4 nitrogen and oxygen atoms in total. The first-order chi connectivity index (χ1) is 9.05. The number of aryl methyl sites for hydroxylation is 1. The summed E-state index contributed by atoms with van der Waals surface area (Å²) in [6, 6.07) is 9.90. The molecule has 1 aromatic rings. The predicted octanol–water partition coefficient (Wildman–Crippen LogP) is 2.31. The van der Waals surface area contributed by atoms with Crippen LogP contribution >= 0.6 is 0 Å². The average Bonchev–Trinajstić information content (AvgIpc) is 2.75. The predicted molar refractivity (Wildman–Crippen MR) is 70.6 cm³/mol. The van der Waals surface area contributed by atoms with Gasteiger partial charge in [0.05, 0.1) is 6.61 Å². The van der Waals surface area contributed by atoms with Crippen LogP contribution in [0.4, 0.5) is 0 Å². The molecule has 0 N–H and O–H groups in total. The van der Waals surface area contributed by atoms with Gasteiger partial charge in [-0.05, 0) is 25.8 Å². The molecule has 2 rings (SSSR count). The van der Waals surface area contributed by atoms with E-state index in [1.54, 1.807) is 0 Å². The number of ether oxygens (including phenoxy) is 3. The second-order valence-corrected chi connectivity index (χ2v) is 5.12. The monoisotopic (exact) mass is 264 g/mol. The first-order valence-electron chi connectivity index (χ1n) is 6.56. The van der Waals surface area contributed by atoms with E-state index in [2.05, 4.69) is 0 Å². The first kappa shape index (κ1) is 14.0. The Labute approximate surface area is 113 Å². The molecule has 0 amide bonds. The molecule has 0 saturated carbocycles. The van der Waals surface area contributed by atoms with E-state index >= 15 is 0 Å². The molecule has 104 valence electrons. The Kier molecular flexibility index (Phi) is 4.56. The summed E-state index contributed by atoms with van der Waals surface area (Å²) in [5.41, 5.74) is 1.14. The van der Waals surface area contributed by atoms with E-state index in [4.69, 9.17) is 14.2 Å². The Morgan fingerprint density at radius 2 is 2.11 bits per heavy atom. The van der Waals surface area contributed by atoms with Crippen LogP contribution < -0.4 is 0 Å². The van der Waals surface area contributed by atoms with Gasteiger partial charge < -0.3 is 14.2 Å². The molecule has 1 fully saturated rings. The molecule has 1 aliphatic rings. The smallest absolute Gasteiger partial charge is 0.306 e. The van der Waals surface area contributed by atoms with Crippen LogP contribution in [0, 0.1) is 0 Å². The summed E-state index contributed by atoms with van der Waals surface area (Å²) >= 11 is 0. The molecule has 0 spiro atoms. The summed E-state index contributed by atoms with van der Waals surface area (Å²) < 4.78 is 16.2. The fraction of sp³-hybridized carbons (Fsp3) is 0.533. The zero-order valence-corrected chi connectivity index (χ0v) is 11.4. The van der Waals surface area contributed by atoms with Gasteiger partial charge in [-0.3, -0.25) is 4.79 Å². The molecular formula is C15H20O4. The van der Waals surface area contributed by atoms with Crippen LogP contribution in [-0.4, -0.2) is 31.1 Å². The fourth-order valence-corrected chi connectivity index (χ4v) is 1.99. The van der Waals surface area contributed by atoms with Gasteiger partial charge in [-0.2, -0.15) is 0 Å². The highest BCUT2D eigenvalue weighted by Gasteiger charge is 2.33. The lowest BCUT2D eigenvalue weighted by Crippen LogP contribution is -2.25. The minimum Gasteiger partial charge on any atom is -0.463 e. The SMILES string of the molecule is CC1(C)OCC(COC(=O)CCc2ccccc2)O1. The minimum atomic E-state index is -0.568. The van der Waals surface area contributed by atoms with Crippen molar-refractivity contribution in [2.24, 2.45) is 0 Å². The summed E-state index contributed by atoms with van der Waals surface area (Å²) in [5, 5.41) is 0. The van der Waals surface area contributed by atoms with Crippen LogP contribution in [-0.2, 0) is 25.4 Å². The highest BCUT2D eigenvalue weighted by atomic mass is 16.7. The molecule has 0 radical (unpaired) electrons. The van der Waals surface area contributed by atoms with Crippen LogP contribution in [0.15, 0.2) is 30.3 Å². The maximum Gasteiger partial charge on any atom is 0.306 e. The highest BCUT2D eigenvalue weighted by molar-refractivity contribution is 5.69. The zero-order chi connectivity index (χ0) is 13.7. The van der Waals surface area contributed by atoms with E-state index in [9.17, 15) is 4.79 Å². The van der Waals surface area contributed by atoms with Crippen LogP contribution in [0.3, 0.4) is 0 Å². The summed E-state index contributed by atoms with van der Waals surface area (Å²) in [6.07, 6.45) is 0.935. The van der Waals surface area contributed by atoms with Gasteiger partial charge in [0.15, 0.2) is 5.79 Å². The Morgan fingerprint density at radius 1 is 1.37 bits per heavy atom. The maximum absolute atomic E-state index is 11.6. The second-order valence-electron chi connectivity index (χ2n) is 5.12. The van der Waals surface area contributed by atoms with Crippen LogP contribution in [0.1, 0.15) is 25.8 Å². The summed E-state index contributed by atoms with van der Waals surface area (Å²) in [7, 11) is 0. The van der Waals surface area contributed by atoms with E-state index in [1.807, 2.05) is 44.2 Å². The Hall–Kier alpha value is -1.39. The molecule has 1 unspecified atom stereocenters. The molecule has 1 atom stereocenters. The topological polar surface area (TPSA) is 44.8 Å². The number of rotatable bonds is 5. The van der Waals surface area contributed by atoms with Gasteiger partial charge >= 0.3 is 5.97 Å². The van der Waals surface area contributed by atoms with Gasteiger partial charge in [0.1, 0.15) is 12.7 Å². The maximum atomic E-state index is 11.6. The van der Waals surface area contributed by atoms with Crippen LogP contribution in [0.2, 0.25) is 0 Å². The normalized spacial score (nSPS) is 21.3. The largest absolute Gasteiger partial charge is 0.463 e. The third-order valence-corrected chi connectivity index (χ3v) is 2.96. The Balaban J connectivity index is 1.65. The van der Waals surface area contributed by atoms with Crippen molar-refractivity contribution in [3.8, 4) is 0 Å². The molecule has 1 saturated heterocycles. The number of hydrogen-bond donors (Lipinski definition) is 0. The summed E-state index contributed by atoms with van der Waals surface area (Å²) in [6.45, 7) is 4.43. The third kappa shape index (κ3) is 4.65. The van der Waals surface area contributed by atoms with Gasteiger partial charge in [0, 0.05) is 6.42 Å². The van der Waals surface area contributed by atoms with E-state index in [0.29, 0.717) is 19.4 Å². The standard InChI is InChI=1S/C15H20O4/c1-15(2)18-11-13(19-15)10-17-14(16)9-8-12-6-4-3-5-7-12/h3-7,13H,8-11H2,1-2H3. The van der Waals surface area contributed by atoms with Crippen molar-refractivity contribution >= 4 is 5.97 Å². The third-order valence-electron chi connectivity index (χ3n) is 2.96. The molecule has 19 heavy (non-hydrogen) atoms. The van der Waals surface area contributed by atoms with Gasteiger partial charge in [-0.15, -0.1) is 0 Å². The molecule has 4 heteroatoms. The summed E-state index contributed by atoms with van der Waals surface area (Å²) in [4.78, 5) is 11.6. The number of hydrogen-bond acceptors (Lipinski definition) is 4. The molecule has 1 aromatic carbocycles. The number of esters is 1. The fourth-order valence-electron chi connectivity index (χ4n) is 1.99. The lowest BCUT2D eigenvalue weighted by Gasteiger charge is -2.16. The molecule has 1 heterocycles. The summed E-state index contributed by atoms with van der Waals surface area (Å²) in [5.74, 6) is -0.765. The van der Waals surface area contributed by atoms with Gasteiger partial charge in [0.2, 0.25) is 0 Å². The quantitative estimate of drug-likeness (QED) is 0.766. The van der Waals surface area contributed by atoms with E-state index < -0.39 is 5.79 Å². The van der Waals surface area contributed by atoms with E-state index in [0.717, 1.165) is 5.56 Å². The van der Waals surface area contributed by atoms with E-state index in [-0.39, 0.29) is 18.7 Å².